The van der Waals surface area contributed by atoms with Crippen LogP contribution in [0.4, 0.5) is 0 Å². The molecule has 0 atom stereocenters. The number of alkyl halides is 1. The number of unbranched alkanes of at least 4 members (excludes halogenated alkanes) is 2. The third kappa shape index (κ3) is 5.47. The van der Waals surface area contributed by atoms with Gasteiger partial charge < -0.3 is 4.74 Å². The molecule has 1 aromatic carbocycles. The number of ether oxygens (including phenoxy) is 1. The number of benzene rings is 1. The predicted octanol–water partition coefficient (Wildman–Crippen LogP) is 4.35. The van der Waals surface area contributed by atoms with E-state index in [1.54, 1.807) is 7.11 Å². The van der Waals surface area contributed by atoms with Crippen molar-refractivity contribution in [1.29, 1.82) is 0 Å². The van der Waals surface area contributed by atoms with Crippen molar-refractivity contribution < 1.29 is 4.74 Å². The average molecular weight is 289 g/mol. The van der Waals surface area contributed by atoms with Crippen molar-refractivity contribution in [1.82, 2.24) is 0 Å². The van der Waals surface area contributed by atoms with E-state index < -0.39 is 0 Å². The van der Waals surface area contributed by atoms with Gasteiger partial charge in [-0.1, -0.05) is 22.4 Å². The molecule has 0 fully saturated rings. The lowest BCUT2D eigenvalue weighted by Gasteiger charge is -2.03. The molecule has 1 aromatic rings. The highest BCUT2D eigenvalue weighted by molar-refractivity contribution is 9.09. The summed E-state index contributed by atoms with van der Waals surface area (Å²) in [5.74, 6) is 2.14. The van der Waals surface area contributed by atoms with Gasteiger partial charge in [-0.25, -0.2) is 0 Å². The monoisotopic (exact) mass is 288 g/mol. The van der Waals surface area contributed by atoms with E-state index in [0.717, 1.165) is 11.1 Å². The molecular formula is C12H17BrOS. The summed E-state index contributed by atoms with van der Waals surface area (Å²) in [6, 6.07) is 8.27. The molecule has 0 aliphatic rings. The first-order valence-electron chi connectivity index (χ1n) is 5.19. The third-order valence-electron chi connectivity index (χ3n) is 2.11. The van der Waals surface area contributed by atoms with Gasteiger partial charge in [-0.3, -0.25) is 0 Å². The Bertz CT molecular complexity index is 261. The molecule has 0 saturated heterocycles. The van der Waals surface area contributed by atoms with Gasteiger partial charge in [0.05, 0.1) is 7.11 Å². The molecule has 0 bridgehead atoms. The van der Waals surface area contributed by atoms with Crippen LogP contribution in [0.2, 0.25) is 0 Å². The minimum Gasteiger partial charge on any atom is -0.497 e. The molecule has 0 saturated carbocycles. The smallest absolute Gasteiger partial charge is 0.118 e. The van der Waals surface area contributed by atoms with Crippen LogP contribution in [-0.2, 0) is 0 Å². The van der Waals surface area contributed by atoms with Crippen molar-refractivity contribution in [2.45, 2.75) is 24.2 Å². The maximum atomic E-state index is 5.11. The molecule has 1 rings (SSSR count). The van der Waals surface area contributed by atoms with E-state index in [1.807, 2.05) is 23.9 Å². The minimum atomic E-state index is 0.929. The van der Waals surface area contributed by atoms with Gasteiger partial charge in [0.1, 0.15) is 5.75 Å². The number of hydrogen-bond acceptors (Lipinski definition) is 2. The van der Waals surface area contributed by atoms with Crippen molar-refractivity contribution >= 4 is 27.7 Å². The zero-order chi connectivity index (χ0) is 10.9. The molecule has 0 amide bonds. The first kappa shape index (κ1) is 12.9. The highest BCUT2D eigenvalue weighted by Crippen LogP contribution is 2.22. The number of thioether (sulfide) groups is 1. The summed E-state index contributed by atoms with van der Waals surface area (Å²) in [5.41, 5.74) is 0. The van der Waals surface area contributed by atoms with Gasteiger partial charge in [0, 0.05) is 10.2 Å². The second-order valence-electron chi connectivity index (χ2n) is 3.27. The molecule has 0 aliphatic heterocycles. The number of rotatable bonds is 7. The van der Waals surface area contributed by atoms with Crippen LogP contribution in [0.3, 0.4) is 0 Å². The van der Waals surface area contributed by atoms with Crippen molar-refractivity contribution in [3.05, 3.63) is 24.3 Å². The summed E-state index contributed by atoms with van der Waals surface area (Å²) in [6.07, 6.45) is 3.89. The Labute approximate surface area is 105 Å². The number of methoxy groups -OCH3 is 1. The molecule has 0 unspecified atom stereocenters. The summed E-state index contributed by atoms with van der Waals surface area (Å²) in [7, 11) is 1.70. The highest BCUT2D eigenvalue weighted by atomic mass is 79.9. The maximum Gasteiger partial charge on any atom is 0.118 e. The quantitative estimate of drug-likeness (QED) is 0.419. The van der Waals surface area contributed by atoms with Gasteiger partial charge in [0.2, 0.25) is 0 Å². The zero-order valence-electron chi connectivity index (χ0n) is 9.04. The Morgan fingerprint density at radius 2 is 1.87 bits per heavy atom. The van der Waals surface area contributed by atoms with Crippen LogP contribution < -0.4 is 4.74 Å². The SMILES string of the molecule is COc1ccc(SCCCCCBr)cc1. The number of halogens is 1. The van der Waals surface area contributed by atoms with Gasteiger partial charge in [-0.05, 0) is 42.9 Å². The molecule has 84 valence electrons. The van der Waals surface area contributed by atoms with Crippen molar-refractivity contribution in [3.63, 3.8) is 0 Å². The summed E-state index contributed by atoms with van der Waals surface area (Å²) >= 11 is 5.36. The molecular weight excluding hydrogens is 272 g/mol. The van der Waals surface area contributed by atoms with Gasteiger partial charge in [-0.15, -0.1) is 11.8 Å². The summed E-state index contributed by atoms with van der Waals surface area (Å²) in [6.45, 7) is 0. The molecule has 3 heteroatoms. The Morgan fingerprint density at radius 1 is 1.13 bits per heavy atom. The van der Waals surface area contributed by atoms with Crippen molar-refractivity contribution in [2.24, 2.45) is 0 Å². The first-order valence-corrected chi connectivity index (χ1v) is 7.30. The van der Waals surface area contributed by atoms with Crippen LogP contribution in [0.25, 0.3) is 0 Å². The summed E-state index contributed by atoms with van der Waals surface area (Å²) in [4.78, 5) is 1.33. The van der Waals surface area contributed by atoms with Crippen LogP contribution in [-0.4, -0.2) is 18.2 Å². The van der Waals surface area contributed by atoms with Crippen LogP contribution in [0.1, 0.15) is 19.3 Å². The average Bonchev–Trinajstić information content (AvgIpc) is 2.30. The van der Waals surface area contributed by atoms with E-state index in [0.29, 0.717) is 0 Å². The molecule has 0 heterocycles. The Morgan fingerprint density at radius 3 is 2.47 bits per heavy atom. The Balaban J connectivity index is 2.20. The Hall–Kier alpha value is -0.150. The lowest BCUT2D eigenvalue weighted by Crippen LogP contribution is -1.84. The fourth-order valence-corrected chi connectivity index (χ4v) is 2.54. The van der Waals surface area contributed by atoms with E-state index in [9.17, 15) is 0 Å². The molecule has 0 aromatic heterocycles. The fraction of sp³-hybridized carbons (Fsp3) is 0.500. The van der Waals surface area contributed by atoms with Gasteiger partial charge >= 0.3 is 0 Å². The minimum absolute atomic E-state index is 0.929. The first-order chi connectivity index (χ1) is 7.36. The molecule has 0 aliphatic carbocycles. The second-order valence-corrected chi connectivity index (χ2v) is 5.23. The fourth-order valence-electron chi connectivity index (χ4n) is 1.24. The summed E-state index contributed by atoms with van der Waals surface area (Å²) in [5, 5.41) is 1.13. The van der Waals surface area contributed by atoms with Crippen molar-refractivity contribution in [2.75, 3.05) is 18.2 Å². The Kier molecular flexibility index (Phi) is 6.94. The molecule has 15 heavy (non-hydrogen) atoms. The van der Waals surface area contributed by atoms with Crippen molar-refractivity contribution in [3.8, 4) is 5.75 Å². The largest absolute Gasteiger partial charge is 0.497 e. The van der Waals surface area contributed by atoms with Crippen LogP contribution in [0, 0.1) is 0 Å². The van der Waals surface area contributed by atoms with Gasteiger partial charge in [-0.2, -0.15) is 0 Å². The molecule has 0 radical (unpaired) electrons. The van der Waals surface area contributed by atoms with E-state index in [1.165, 1.54) is 29.9 Å². The maximum absolute atomic E-state index is 5.11. The van der Waals surface area contributed by atoms with E-state index >= 15 is 0 Å². The molecule has 1 nitrogen and oxygen atoms in total. The van der Waals surface area contributed by atoms with E-state index in [-0.39, 0.29) is 0 Å². The van der Waals surface area contributed by atoms with E-state index in [4.69, 9.17) is 4.74 Å². The lowest BCUT2D eigenvalue weighted by molar-refractivity contribution is 0.414. The highest BCUT2D eigenvalue weighted by Gasteiger charge is 1.95. The molecule has 0 spiro atoms. The summed E-state index contributed by atoms with van der Waals surface area (Å²) < 4.78 is 5.11. The second kappa shape index (κ2) is 8.05. The lowest BCUT2D eigenvalue weighted by atomic mass is 10.3. The van der Waals surface area contributed by atoms with Crippen LogP contribution >= 0.6 is 27.7 Å². The van der Waals surface area contributed by atoms with Gasteiger partial charge in [0.15, 0.2) is 0 Å². The van der Waals surface area contributed by atoms with E-state index in [2.05, 4.69) is 28.1 Å². The zero-order valence-corrected chi connectivity index (χ0v) is 11.4. The van der Waals surface area contributed by atoms with Crippen LogP contribution in [0.5, 0.6) is 5.75 Å². The number of hydrogen-bond donors (Lipinski definition) is 0. The topological polar surface area (TPSA) is 9.23 Å². The van der Waals surface area contributed by atoms with Crippen LogP contribution in [0.15, 0.2) is 29.2 Å². The normalized spacial score (nSPS) is 10.3. The predicted molar refractivity (Wildman–Crippen MR) is 71.4 cm³/mol. The molecule has 0 N–H and O–H groups in total. The van der Waals surface area contributed by atoms with Gasteiger partial charge in [0.25, 0.3) is 0 Å². The standard InChI is InChI=1S/C12H17BrOS/c1-14-11-5-7-12(8-6-11)15-10-4-2-3-9-13/h5-8H,2-4,9-10H2,1H3. The third-order valence-corrected chi connectivity index (χ3v) is 3.77.